The van der Waals surface area contributed by atoms with E-state index >= 15 is 0 Å². The SMILES string of the molecule is C#CCC1(CNC(=O)Cc2c(C)n(C(=O)c3ccc(Cl)cc3)c3cc(C)ccc23)N=N1. The third kappa shape index (κ3) is 4.10. The molecule has 0 saturated heterocycles. The van der Waals surface area contributed by atoms with Crippen molar-refractivity contribution in [2.75, 3.05) is 6.54 Å². The number of hydrogen-bond donors (Lipinski definition) is 1. The maximum Gasteiger partial charge on any atom is 0.262 e. The van der Waals surface area contributed by atoms with Crippen molar-refractivity contribution in [3.05, 3.63) is 69.9 Å². The van der Waals surface area contributed by atoms with Crippen molar-refractivity contribution in [2.45, 2.75) is 32.4 Å². The lowest BCUT2D eigenvalue weighted by Crippen LogP contribution is -2.35. The number of carbonyl (C=O) groups excluding carboxylic acids is 2. The van der Waals surface area contributed by atoms with Gasteiger partial charge in [0.25, 0.3) is 5.91 Å². The minimum atomic E-state index is -0.672. The second-order valence-electron chi connectivity index (χ2n) is 7.75. The highest BCUT2D eigenvalue weighted by molar-refractivity contribution is 6.30. The third-order valence-corrected chi connectivity index (χ3v) is 5.71. The molecule has 7 heteroatoms. The van der Waals surface area contributed by atoms with Gasteiger partial charge in [-0.05, 0) is 55.3 Å². The molecule has 1 aromatic heterocycles. The van der Waals surface area contributed by atoms with Gasteiger partial charge in [-0.2, -0.15) is 10.2 Å². The van der Waals surface area contributed by atoms with E-state index in [2.05, 4.69) is 21.5 Å². The lowest BCUT2D eigenvalue weighted by atomic mass is 10.1. The van der Waals surface area contributed by atoms with Crippen LogP contribution in [-0.4, -0.2) is 28.6 Å². The first kappa shape index (κ1) is 20.8. The zero-order valence-electron chi connectivity index (χ0n) is 17.3. The summed E-state index contributed by atoms with van der Waals surface area (Å²) >= 11 is 5.97. The molecule has 156 valence electrons. The van der Waals surface area contributed by atoms with E-state index in [-0.39, 0.29) is 24.8 Å². The summed E-state index contributed by atoms with van der Waals surface area (Å²) in [6.07, 6.45) is 5.84. The van der Waals surface area contributed by atoms with Gasteiger partial charge in [0.15, 0.2) is 0 Å². The van der Waals surface area contributed by atoms with E-state index in [4.69, 9.17) is 18.0 Å². The standard InChI is InChI=1S/C24H21ClN4O2/c1-4-11-24(27-28-24)14-26-22(30)13-20-16(3)29(21-12-15(2)5-10-19(20)21)23(31)17-6-8-18(25)9-7-17/h1,5-10,12H,11,13-14H2,2-3H3,(H,26,30). The molecule has 1 amide bonds. The maximum atomic E-state index is 13.3. The molecule has 0 aliphatic carbocycles. The molecule has 3 aromatic rings. The fourth-order valence-corrected chi connectivity index (χ4v) is 3.83. The summed E-state index contributed by atoms with van der Waals surface area (Å²) in [6.45, 7) is 4.10. The average molecular weight is 433 g/mol. The number of amides is 1. The fourth-order valence-electron chi connectivity index (χ4n) is 3.70. The van der Waals surface area contributed by atoms with Crippen molar-refractivity contribution in [1.82, 2.24) is 9.88 Å². The van der Waals surface area contributed by atoms with Crippen LogP contribution < -0.4 is 5.32 Å². The van der Waals surface area contributed by atoms with Crippen LogP contribution in [0.25, 0.3) is 10.9 Å². The second kappa shape index (κ2) is 8.01. The van der Waals surface area contributed by atoms with Crippen LogP contribution in [0.2, 0.25) is 5.02 Å². The molecule has 2 heterocycles. The summed E-state index contributed by atoms with van der Waals surface area (Å²) in [4.78, 5) is 26.0. The van der Waals surface area contributed by atoms with Gasteiger partial charge < -0.3 is 5.32 Å². The van der Waals surface area contributed by atoms with Crippen LogP contribution in [0.1, 0.15) is 33.6 Å². The lowest BCUT2D eigenvalue weighted by molar-refractivity contribution is -0.120. The first-order chi connectivity index (χ1) is 14.8. The van der Waals surface area contributed by atoms with Crippen LogP contribution in [0.15, 0.2) is 52.7 Å². The van der Waals surface area contributed by atoms with E-state index < -0.39 is 5.66 Å². The zero-order chi connectivity index (χ0) is 22.2. The molecule has 0 atom stereocenters. The van der Waals surface area contributed by atoms with Crippen LogP contribution in [0, 0.1) is 26.2 Å². The summed E-state index contributed by atoms with van der Waals surface area (Å²) in [6, 6.07) is 12.7. The van der Waals surface area contributed by atoms with Crippen LogP contribution in [-0.2, 0) is 11.2 Å². The first-order valence-corrected chi connectivity index (χ1v) is 10.3. The Morgan fingerprint density at radius 3 is 2.52 bits per heavy atom. The van der Waals surface area contributed by atoms with Gasteiger partial charge in [0.1, 0.15) is 0 Å². The zero-order valence-corrected chi connectivity index (χ0v) is 18.0. The van der Waals surface area contributed by atoms with E-state index in [0.717, 1.165) is 27.7 Å². The second-order valence-corrected chi connectivity index (χ2v) is 8.19. The fraction of sp³-hybridized carbons (Fsp3) is 0.250. The molecule has 1 N–H and O–H groups in total. The van der Waals surface area contributed by atoms with Gasteiger partial charge in [0.2, 0.25) is 11.6 Å². The number of hydrogen-bond acceptors (Lipinski definition) is 4. The Hall–Kier alpha value is -3.43. The number of aromatic nitrogens is 1. The van der Waals surface area contributed by atoms with E-state index in [0.29, 0.717) is 17.0 Å². The van der Waals surface area contributed by atoms with Crippen molar-refractivity contribution >= 4 is 34.3 Å². The minimum absolute atomic E-state index is 0.137. The van der Waals surface area contributed by atoms with Crippen LogP contribution in [0.4, 0.5) is 0 Å². The average Bonchev–Trinajstić information content (AvgIpc) is 3.46. The monoisotopic (exact) mass is 432 g/mol. The molecule has 0 fully saturated rings. The van der Waals surface area contributed by atoms with Gasteiger partial charge in [-0.3, -0.25) is 14.2 Å². The number of rotatable bonds is 6. The maximum absolute atomic E-state index is 13.3. The molecule has 0 radical (unpaired) electrons. The van der Waals surface area contributed by atoms with Crippen molar-refractivity contribution < 1.29 is 9.59 Å². The molecular formula is C24H21ClN4O2. The van der Waals surface area contributed by atoms with Crippen molar-refractivity contribution in [1.29, 1.82) is 0 Å². The molecule has 0 saturated carbocycles. The summed E-state index contributed by atoms with van der Waals surface area (Å²) in [5, 5.41) is 12.2. The Kier molecular flexibility index (Phi) is 5.38. The van der Waals surface area contributed by atoms with E-state index in [9.17, 15) is 9.59 Å². The Morgan fingerprint density at radius 2 is 1.87 bits per heavy atom. The van der Waals surface area contributed by atoms with E-state index in [1.807, 2.05) is 32.0 Å². The van der Waals surface area contributed by atoms with Crippen LogP contribution in [0.5, 0.6) is 0 Å². The normalized spacial score (nSPS) is 13.7. The third-order valence-electron chi connectivity index (χ3n) is 5.46. The lowest BCUT2D eigenvalue weighted by Gasteiger charge is -2.10. The number of nitrogens with zero attached hydrogens (tertiary/aromatic N) is 3. The highest BCUT2D eigenvalue weighted by Crippen LogP contribution is 2.31. The Balaban J connectivity index is 1.66. The van der Waals surface area contributed by atoms with Gasteiger partial charge in [-0.15, -0.1) is 12.3 Å². The molecule has 0 spiro atoms. The van der Waals surface area contributed by atoms with Gasteiger partial charge in [0, 0.05) is 21.7 Å². The molecule has 0 unspecified atom stereocenters. The Morgan fingerprint density at radius 1 is 1.16 bits per heavy atom. The predicted molar refractivity (Wildman–Crippen MR) is 120 cm³/mol. The molecule has 31 heavy (non-hydrogen) atoms. The summed E-state index contributed by atoms with van der Waals surface area (Å²) in [5.41, 5.74) is 3.20. The summed E-state index contributed by atoms with van der Waals surface area (Å²) < 4.78 is 1.67. The van der Waals surface area contributed by atoms with Gasteiger partial charge in [-0.1, -0.05) is 23.7 Å². The number of nitrogens with one attached hydrogen (secondary N) is 1. The quantitative estimate of drug-likeness (QED) is 0.584. The molecule has 0 bridgehead atoms. The molecule has 2 aromatic carbocycles. The van der Waals surface area contributed by atoms with Gasteiger partial charge in [0.05, 0.1) is 24.9 Å². The summed E-state index contributed by atoms with van der Waals surface area (Å²) in [7, 11) is 0. The molecule has 4 rings (SSSR count). The minimum Gasteiger partial charge on any atom is -0.351 e. The Bertz CT molecular complexity index is 1260. The van der Waals surface area contributed by atoms with E-state index in [1.54, 1.807) is 28.8 Å². The highest BCUT2D eigenvalue weighted by Gasteiger charge is 2.39. The first-order valence-electron chi connectivity index (χ1n) is 9.88. The molecular weight excluding hydrogens is 412 g/mol. The van der Waals surface area contributed by atoms with Crippen LogP contribution in [0.3, 0.4) is 0 Å². The largest absolute Gasteiger partial charge is 0.351 e. The number of carbonyl (C=O) groups is 2. The van der Waals surface area contributed by atoms with Crippen molar-refractivity contribution in [2.24, 2.45) is 10.2 Å². The molecule has 1 aliphatic heterocycles. The number of benzene rings is 2. The molecule has 1 aliphatic rings. The Labute approximate surface area is 185 Å². The number of aryl methyl sites for hydroxylation is 1. The van der Waals surface area contributed by atoms with E-state index in [1.165, 1.54) is 0 Å². The molecule has 6 nitrogen and oxygen atoms in total. The summed E-state index contributed by atoms with van der Waals surface area (Å²) in [5.74, 6) is 2.19. The number of halogens is 1. The van der Waals surface area contributed by atoms with Gasteiger partial charge in [-0.25, -0.2) is 0 Å². The highest BCUT2D eigenvalue weighted by atomic mass is 35.5. The van der Waals surface area contributed by atoms with Gasteiger partial charge >= 0.3 is 0 Å². The number of fused-ring (bicyclic) bond motifs is 1. The van der Waals surface area contributed by atoms with Crippen LogP contribution >= 0.6 is 11.6 Å². The smallest absolute Gasteiger partial charge is 0.262 e. The predicted octanol–water partition coefficient (Wildman–Crippen LogP) is 4.44. The van der Waals surface area contributed by atoms with Crippen molar-refractivity contribution in [3.8, 4) is 12.3 Å². The van der Waals surface area contributed by atoms with Crippen molar-refractivity contribution in [3.63, 3.8) is 0 Å². The topological polar surface area (TPSA) is 75.8 Å². The number of terminal acetylenes is 1.